The van der Waals surface area contributed by atoms with Gasteiger partial charge >= 0.3 is 0 Å². The summed E-state index contributed by atoms with van der Waals surface area (Å²) >= 11 is 0. The van der Waals surface area contributed by atoms with E-state index in [9.17, 15) is 0 Å². The van der Waals surface area contributed by atoms with Crippen LogP contribution >= 0.6 is 0 Å². The summed E-state index contributed by atoms with van der Waals surface area (Å²) in [5.41, 5.74) is 0. The molecule has 0 bridgehead atoms. The van der Waals surface area contributed by atoms with Gasteiger partial charge in [-0.05, 0) is 6.42 Å². The molecule has 0 saturated carbocycles. The number of hydrogen-bond donors (Lipinski definition) is 0. The van der Waals surface area contributed by atoms with Crippen molar-refractivity contribution < 1.29 is 18.9 Å². The van der Waals surface area contributed by atoms with Gasteiger partial charge in [-0.15, -0.1) is 6.58 Å². The first-order chi connectivity index (χ1) is 8.26. The Labute approximate surface area is 104 Å². The van der Waals surface area contributed by atoms with E-state index in [1.807, 2.05) is 6.08 Å². The van der Waals surface area contributed by atoms with Gasteiger partial charge in [-0.3, -0.25) is 0 Å². The van der Waals surface area contributed by atoms with Crippen LogP contribution in [-0.4, -0.2) is 39.5 Å². The van der Waals surface area contributed by atoms with Crippen molar-refractivity contribution >= 4 is 0 Å². The largest absolute Gasteiger partial charge is 0.351 e. The smallest absolute Gasteiger partial charge is 0.209 e. The van der Waals surface area contributed by atoms with Gasteiger partial charge in [0.05, 0.1) is 12.7 Å². The predicted octanol–water partition coefficient (Wildman–Crippen LogP) is 2.34. The maximum atomic E-state index is 5.89. The molecule has 4 heteroatoms. The molecule has 1 aliphatic rings. The van der Waals surface area contributed by atoms with Gasteiger partial charge in [0.2, 0.25) is 12.6 Å². The molecule has 0 N–H and O–H groups in total. The minimum absolute atomic E-state index is 0.152. The molecule has 1 fully saturated rings. The molecule has 4 nitrogen and oxygen atoms in total. The van der Waals surface area contributed by atoms with Crippen LogP contribution in [0.15, 0.2) is 12.7 Å². The van der Waals surface area contributed by atoms with Crippen LogP contribution in [0, 0.1) is 5.92 Å². The standard InChI is InChI=1S/C13H24O4/c1-5-7-8-11-10(6-2)9-16-13(17-11)12(14-3)15-4/h6,10-13H,2,5,7-9H2,1,3-4H3/t10-,11+,13-/m0/s1. The van der Waals surface area contributed by atoms with Crippen molar-refractivity contribution in [3.63, 3.8) is 0 Å². The van der Waals surface area contributed by atoms with Gasteiger partial charge < -0.3 is 18.9 Å². The first-order valence-corrected chi connectivity index (χ1v) is 6.22. The number of unbranched alkanes of at least 4 members (excludes halogenated alkanes) is 1. The molecule has 0 aliphatic carbocycles. The van der Waals surface area contributed by atoms with Crippen LogP contribution < -0.4 is 0 Å². The molecule has 0 aromatic carbocycles. The second kappa shape index (κ2) is 7.82. The highest BCUT2D eigenvalue weighted by Crippen LogP contribution is 2.26. The second-order valence-corrected chi connectivity index (χ2v) is 4.26. The highest BCUT2D eigenvalue weighted by atomic mass is 16.8. The van der Waals surface area contributed by atoms with E-state index in [0.29, 0.717) is 6.61 Å². The quantitative estimate of drug-likeness (QED) is 0.509. The van der Waals surface area contributed by atoms with Crippen LogP contribution in [0.2, 0.25) is 0 Å². The molecule has 0 aromatic rings. The van der Waals surface area contributed by atoms with Gasteiger partial charge in [0.1, 0.15) is 0 Å². The van der Waals surface area contributed by atoms with Gasteiger partial charge in [-0.2, -0.15) is 0 Å². The van der Waals surface area contributed by atoms with E-state index in [1.165, 1.54) is 0 Å². The highest BCUT2D eigenvalue weighted by Gasteiger charge is 2.34. The van der Waals surface area contributed by atoms with Crippen LogP contribution in [0.5, 0.6) is 0 Å². The molecule has 1 aliphatic heterocycles. The molecule has 1 heterocycles. The average Bonchev–Trinajstić information content (AvgIpc) is 2.38. The summed E-state index contributed by atoms with van der Waals surface area (Å²) < 4.78 is 21.8. The fraction of sp³-hybridized carbons (Fsp3) is 0.846. The molecular weight excluding hydrogens is 220 g/mol. The molecule has 0 unspecified atom stereocenters. The van der Waals surface area contributed by atoms with Gasteiger partial charge in [0.15, 0.2) is 0 Å². The van der Waals surface area contributed by atoms with Crippen molar-refractivity contribution in [1.29, 1.82) is 0 Å². The van der Waals surface area contributed by atoms with Crippen molar-refractivity contribution in [3.05, 3.63) is 12.7 Å². The Morgan fingerprint density at radius 1 is 1.41 bits per heavy atom. The van der Waals surface area contributed by atoms with E-state index in [4.69, 9.17) is 18.9 Å². The van der Waals surface area contributed by atoms with Crippen LogP contribution in [0.1, 0.15) is 26.2 Å². The molecule has 0 spiro atoms. The number of rotatable bonds is 7. The van der Waals surface area contributed by atoms with Crippen molar-refractivity contribution in [1.82, 2.24) is 0 Å². The van der Waals surface area contributed by atoms with Crippen molar-refractivity contribution in [2.45, 2.75) is 44.9 Å². The summed E-state index contributed by atoms with van der Waals surface area (Å²) in [5.74, 6) is 0.257. The predicted molar refractivity (Wildman–Crippen MR) is 65.6 cm³/mol. The molecule has 3 atom stereocenters. The van der Waals surface area contributed by atoms with Crippen molar-refractivity contribution in [2.75, 3.05) is 20.8 Å². The van der Waals surface area contributed by atoms with E-state index in [-0.39, 0.29) is 12.0 Å². The molecule has 0 aromatic heterocycles. The summed E-state index contributed by atoms with van der Waals surface area (Å²) in [6, 6.07) is 0. The maximum Gasteiger partial charge on any atom is 0.209 e. The van der Waals surface area contributed by atoms with Gasteiger partial charge in [-0.25, -0.2) is 0 Å². The van der Waals surface area contributed by atoms with E-state index >= 15 is 0 Å². The first-order valence-electron chi connectivity index (χ1n) is 6.22. The fourth-order valence-corrected chi connectivity index (χ4v) is 1.99. The second-order valence-electron chi connectivity index (χ2n) is 4.26. The third kappa shape index (κ3) is 4.07. The summed E-state index contributed by atoms with van der Waals surface area (Å²) in [6.45, 7) is 6.62. The van der Waals surface area contributed by atoms with E-state index in [1.54, 1.807) is 14.2 Å². The monoisotopic (exact) mass is 244 g/mol. The molecule has 0 amide bonds. The van der Waals surface area contributed by atoms with E-state index < -0.39 is 12.6 Å². The van der Waals surface area contributed by atoms with Crippen molar-refractivity contribution in [2.24, 2.45) is 5.92 Å². The Kier molecular flexibility index (Phi) is 6.73. The molecular formula is C13H24O4. The number of methoxy groups -OCH3 is 2. The zero-order valence-corrected chi connectivity index (χ0v) is 11.1. The zero-order chi connectivity index (χ0) is 12.7. The lowest BCUT2D eigenvalue weighted by atomic mass is 9.97. The normalized spacial score (nSPS) is 29.5. The van der Waals surface area contributed by atoms with Crippen LogP contribution in [0.3, 0.4) is 0 Å². The lowest BCUT2D eigenvalue weighted by Crippen LogP contribution is -2.46. The van der Waals surface area contributed by atoms with Crippen molar-refractivity contribution in [3.8, 4) is 0 Å². The lowest BCUT2D eigenvalue weighted by molar-refractivity contribution is -0.315. The van der Waals surface area contributed by atoms with Gasteiger partial charge in [0.25, 0.3) is 0 Å². The van der Waals surface area contributed by atoms with E-state index in [0.717, 1.165) is 19.3 Å². The Morgan fingerprint density at radius 3 is 2.65 bits per heavy atom. The SMILES string of the molecule is C=C[C@H]1CO[C@H](C(OC)OC)O[C@@H]1CCCC. The summed E-state index contributed by atoms with van der Waals surface area (Å²) in [5, 5.41) is 0. The number of hydrogen-bond acceptors (Lipinski definition) is 4. The maximum absolute atomic E-state index is 5.89. The third-order valence-corrected chi connectivity index (χ3v) is 3.07. The van der Waals surface area contributed by atoms with Crippen LogP contribution in [0.25, 0.3) is 0 Å². The summed E-state index contributed by atoms with van der Waals surface area (Å²) in [6.07, 6.45) is 4.48. The summed E-state index contributed by atoms with van der Waals surface area (Å²) in [4.78, 5) is 0. The third-order valence-electron chi connectivity index (χ3n) is 3.07. The van der Waals surface area contributed by atoms with E-state index in [2.05, 4.69) is 13.5 Å². The molecule has 17 heavy (non-hydrogen) atoms. The Hall–Kier alpha value is -0.420. The number of ether oxygens (including phenoxy) is 4. The topological polar surface area (TPSA) is 36.9 Å². The average molecular weight is 244 g/mol. The zero-order valence-electron chi connectivity index (χ0n) is 11.1. The molecule has 100 valence electrons. The van der Waals surface area contributed by atoms with Gasteiger partial charge in [0, 0.05) is 20.1 Å². The highest BCUT2D eigenvalue weighted by molar-refractivity contribution is 4.88. The Morgan fingerprint density at radius 2 is 2.12 bits per heavy atom. The minimum atomic E-state index is -0.468. The van der Waals surface area contributed by atoms with Crippen LogP contribution in [-0.2, 0) is 18.9 Å². The molecule has 1 rings (SSSR count). The molecule has 1 saturated heterocycles. The fourth-order valence-electron chi connectivity index (χ4n) is 1.99. The lowest BCUT2D eigenvalue weighted by Gasteiger charge is -2.37. The Balaban J connectivity index is 2.54. The Bertz CT molecular complexity index is 215. The van der Waals surface area contributed by atoms with Gasteiger partial charge in [-0.1, -0.05) is 25.8 Å². The minimum Gasteiger partial charge on any atom is -0.351 e. The van der Waals surface area contributed by atoms with Crippen LogP contribution in [0.4, 0.5) is 0 Å². The molecule has 0 radical (unpaired) electrons. The summed E-state index contributed by atoms with van der Waals surface area (Å²) in [7, 11) is 3.17. The first kappa shape index (κ1) is 14.6.